The van der Waals surface area contributed by atoms with Crippen LogP contribution in [0.25, 0.3) is 0 Å². The molecule has 3 heterocycles. The Hall–Kier alpha value is -3.56. The molecule has 3 amide bonds. The molecule has 46 heavy (non-hydrogen) atoms. The number of carbonyl (C=O) groups excluding carboxylic acids is 3. The largest absolute Gasteiger partial charge is 0.494 e. The fraction of sp³-hybridized carbons (Fsp3) is 0.486. The van der Waals surface area contributed by atoms with Crippen LogP contribution in [0.1, 0.15) is 52.6 Å². The maximum atomic E-state index is 15.0. The van der Waals surface area contributed by atoms with E-state index in [0.717, 1.165) is 5.56 Å². The van der Waals surface area contributed by atoms with Gasteiger partial charge in [0.25, 0.3) is 0 Å². The van der Waals surface area contributed by atoms with Crippen LogP contribution >= 0.6 is 11.8 Å². The second kappa shape index (κ2) is 13.3. The third-order valence-electron chi connectivity index (χ3n) is 9.82. The lowest BCUT2D eigenvalue weighted by molar-refractivity contribution is -0.148. The predicted molar refractivity (Wildman–Crippen MR) is 184 cm³/mol. The first kappa shape index (κ1) is 33.8. The summed E-state index contributed by atoms with van der Waals surface area (Å²) in [6.45, 7) is 18.6. The summed E-state index contributed by atoms with van der Waals surface area (Å²) < 4.78 is 4.78. The van der Waals surface area contributed by atoms with E-state index in [0.29, 0.717) is 31.0 Å². The molecule has 0 aliphatic carbocycles. The molecule has 8 nitrogen and oxygen atoms in total. The van der Waals surface area contributed by atoms with Crippen LogP contribution in [0.2, 0.25) is 0 Å². The van der Waals surface area contributed by atoms with Crippen molar-refractivity contribution >= 4 is 35.2 Å². The molecule has 3 aliphatic rings. The third-order valence-corrected chi connectivity index (χ3v) is 11.9. The number of hydrogen-bond acceptors (Lipinski definition) is 6. The number of ether oxygens (including phenoxy) is 1. The Morgan fingerprint density at radius 2 is 1.74 bits per heavy atom. The zero-order valence-electron chi connectivity index (χ0n) is 27.6. The maximum Gasteiger partial charge on any atom is 0.247 e. The summed E-state index contributed by atoms with van der Waals surface area (Å²) in [4.78, 5) is 49.8. The van der Waals surface area contributed by atoms with Gasteiger partial charge in [0.1, 0.15) is 11.8 Å². The van der Waals surface area contributed by atoms with Gasteiger partial charge in [0, 0.05) is 29.6 Å². The Morgan fingerprint density at radius 1 is 1.09 bits per heavy atom. The molecule has 3 aliphatic heterocycles. The van der Waals surface area contributed by atoms with Crippen molar-refractivity contribution in [1.29, 1.82) is 0 Å². The number of benzene rings is 2. The number of anilines is 1. The minimum Gasteiger partial charge on any atom is -0.494 e. The van der Waals surface area contributed by atoms with E-state index >= 15 is 0 Å². The molecule has 3 unspecified atom stereocenters. The van der Waals surface area contributed by atoms with Gasteiger partial charge >= 0.3 is 0 Å². The second-order valence-corrected chi connectivity index (χ2v) is 15.0. The molecule has 1 spiro atoms. The minimum atomic E-state index is -0.873. The smallest absolute Gasteiger partial charge is 0.247 e. The van der Waals surface area contributed by atoms with Gasteiger partial charge in [-0.05, 0) is 69.9 Å². The molecule has 246 valence electrons. The fourth-order valence-corrected chi connectivity index (χ4v) is 10.3. The monoisotopic (exact) mass is 645 g/mol. The van der Waals surface area contributed by atoms with Gasteiger partial charge in [-0.3, -0.25) is 14.4 Å². The number of aliphatic hydroxyl groups is 1. The highest BCUT2D eigenvalue weighted by molar-refractivity contribution is 8.02. The topological polar surface area (TPSA) is 90.4 Å². The maximum absolute atomic E-state index is 15.0. The average Bonchev–Trinajstić information content (AvgIpc) is 3.63. The number of thioether (sulfide) groups is 1. The van der Waals surface area contributed by atoms with Crippen LogP contribution in [0, 0.1) is 17.8 Å². The summed E-state index contributed by atoms with van der Waals surface area (Å²) in [6, 6.07) is 15.1. The zero-order valence-corrected chi connectivity index (χ0v) is 28.4. The van der Waals surface area contributed by atoms with Gasteiger partial charge in [0.15, 0.2) is 0 Å². The Labute approximate surface area is 277 Å². The number of fused-ring (bicyclic) bond motifs is 1. The second-order valence-electron chi connectivity index (χ2n) is 13.5. The number of rotatable bonds is 12. The zero-order chi connectivity index (χ0) is 33.4. The standard InChI is InChI=1S/C37H47N3O5S/c1-8-20-38(26-16-18-27(19-17-26)45-10-3)33(42)30-29-22-24(4)37(46-29)31(30)34(43)40(28(23-41)25-14-12-11-13-15-25)32(37)35(44)39(21-9-2)36(5,6)7/h8-9,11-19,24,28-32,41H,1-2,10,20-23H2,3-7H3/t24?,28-,29-,30+,31+,32?,37?/m1/s1. The molecular weight excluding hydrogens is 598 g/mol. The Kier molecular flexibility index (Phi) is 9.76. The summed E-state index contributed by atoms with van der Waals surface area (Å²) in [5.41, 5.74) is 0.890. The summed E-state index contributed by atoms with van der Waals surface area (Å²) >= 11 is 1.64. The van der Waals surface area contributed by atoms with Crippen molar-refractivity contribution in [1.82, 2.24) is 9.80 Å². The van der Waals surface area contributed by atoms with Crippen molar-refractivity contribution in [2.75, 3.05) is 31.2 Å². The van der Waals surface area contributed by atoms with Gasteiger partial charge in [0.05, 0.1) is 35.8 Å². The van der Waals surface area contributed by atoms with Crippen molar-refractivity contribution in [3.63, 3.8) is 0 Å². The highest BCUT2D eigenvalue weighted by Crippen LogP contribution is 2.69. The Bertz CT molecular complexity index is 1460. The lowest BCUT2D eigenvalue weighted by Gasteiger charge is -2.45. The van der Waals surface area contributed by atoms with Crippen LogP contribution in [0.4, 0.5) is 5.69 Å². The van der Waals surface area contributed by atoms with E-state index in [9.17, 15) is 19.5 Å². The highest BCUT2D eigenvalue weighted by Gasteiger charge is 2.77. The van der Waals surface area contributed by atoms with Gasteiger partial charge < -0.3 is 24.5 Å². The highest BCUT2D eigenvalue weighted by atomic mass is 32.2. The molecule has 9 heteroatoms. The van der Waals surface area contributed by atoms with E-state index < -0.39 is 34.2 Å². The molecule has 3 fully saturated rings. The number of nitrogens with zero attached hydrogens (tertiary/aromatic N) is 3. The summed E-state index contributed by atoms with van der Waals surface area (Å²) in [6.07, 6.45) is 4.11. The lowest BCUT2D eigenvalue weighted by Crippen LogP contribution is -2.61. The number of amides is 3. The first-order valence-corrected chi connectivity index (χ1v) is 17.1. The SMILES string of the molecule is C=CCN(C(=O)[C@@H]1[C@H]2C(=O)N([C@H](CO)c3ccccc3)C(C(=O)N(CC=C)C(C)(C)C)C23S[C@@H]1CC3C)c1ccc(OCC)cc1. The summed E-state index contributed by atoms with van der Waals surface area (Å²) in [5.74, 6) is -1.26. The van der Waals surface area contributed by atoms with Gasteiger partial charge in [-0.25, -0.2) is 0 Å². The number of likely N-dealkylation sites (tertiary alicyclic amines) is 1. The van der Waals surface area contributed by atoms with Crippen molar-refractivity contribution in [2.45, 2.75) is 68.7 Å². The number of aliphatic hydroxyl groups excluding tert-OH is 1. The van der Waals surface area contributed by atoms with Gasteiger partial charge in [-0.1, -0.05) is 49.4 Å². The van der Waals surface area contributed by atoms with Crippen LogP contribution in [-0.4, -0.2) is 80.5 Å². The van der Waals surface area contributed by atoms with Crippen LogP contribution in [0.5, 0.6) is 5.75 Å². The van der Waals surface area contributed by atoms with Crippen LogP contribution in [0.15, 0.2) is 79.9 Å². The third kappa shape index (κ3) is 5.55. The van der Waals surface area contributed by atoms with Gasteiger partial charge in [-0.2, -0.15) is 0 Å². The number of carbonyl (C=O) groups is 3. The fourth-order valence-electron chi connectivity index (χ4n) is 7.88. The van der Waals surface area contributed by atoms with Crippen LogP contribution < -0.4 is 9.64 Å². The molecular formula is C37H47N3O5S. The van der Waals surface area contributed by atoms with Gasteiger partial charge in [0.2, 0.25) is 17.7 Å². The minimum absolute atomic E-state index is 0.0153. The normalized spacial score (nSPS) is 27.2. The van der Waals surface area contributed by atoms with Crippen LogP contribution in [-0.2, 0) is 14.4 Å². The molecule has 2 aromatic carbocycles. The van der Waals surface area contributed by atoms with E-state index in [-0.39, 0.29) is 42.0 Å². The molecule has 3 saturated heterocycles. The molecule has 7 atom stereocenters. The Morgan fingerprint density at radius 3 is 2.30 bits per heavy atom. The molecule has 0 aromatic heterocycles. The predicted octanol–water partition coefficient (Wildman–Crippen LogP) is 5.49. The number of hydrogen-bond donors (Lipinski definition) is 1. The van der Waals surface area contributed by atoms with Gasteiger partial charge in [-0.15, -0.1) is 24.9 Å². The molecule has 5 rings (SSSR count). The van der Waals surface area contributed by atoms with Crippen LogP contribution in [0.3, 0.4) is 0 Å². The van der Waals surface area contributed by atoms with E-state index in [4.69, 9.17) is 4.74 Å². The van der Waals surface area contributed by atoms with Crippen molar-refractivity contribution in [2.24, 2.45) is 17.8 Å². The lowest BCUT2D eigenvalue weighted by atomic mass is 9.65. The van der Waals surface area contributed by atoms with Crippen molar-refractivity contribution in [3.8, 4) is 5.75 Å². The first-order chi connectivity index (χ1) is 22.0. The van der Waals surface area contributed by atoms with E-state index in [1.54, 1.807) is 38.6 Å². The average molecular weight is 646 g/mol. The van der Waals surface area contributed by atoms with E-state index in [1.165, 1.54) is 0 Å². The van der Waals surface area contributed by atoms with Crippen molar-refractivity contribution < 1.29 is 24.2 Å². The Balaban J connectivity index is 1.63. The molecule has 2 aromatic rings. The van der Waals surface area contributed by atoms with E-state index in [2.05, 4.69) is 20.1 Å². The molecule has 2 bridgehead atoms. The van der Waals surface area contributed by atoms with Crippen molar-refractivity contribution in [3.05, 3.63) is 85.5 Å². The molecule has 1 N–H and O–H groups in total. The first-order valence-electron chi connectivity index (χ1n) is 16.2. The molecule has 0 radical (unpaired) electrons. The molecule has 0 saturated carbocycles. The summed E-state index contributed by atoms with van der Waals surface area (Å²) in [7, 11) is 0. The van der Waals surface area contributed by atoms with E-state index in [1.807, 2.05) is 82.3 Å². The summed E-state index contributed by atoms with van der Waals surface area (Å²) in [5, 5.41) is 10.7. The quantitative estimate of drug-likeness (QED) is 0.307.